The quantitative estimate of drug-likeness (QED) is 0.695. The second-order valence-electron chi connectivity index (χ2n) is 3.67. The monoisotopic (exact) mass is 242 g/mol. The Balaban J connectivity index is 2.25. The minimum atomic E-state index is 0.381. The van der Waals surface area contributed by atoms with E-state index >= 15 is 0 Å². The lowest BCUT2D eigenvalue weighted by molar-refractivity contribution is 0.413. The molecule has 3 N–H and O–H groups in total. The van der Waals surface area contributed by atoms with Gasteiger partial charge in [0.25, 0.3) is 0 Å². The Hall–Kier alpha value is -2.70. The van der Waals surface area contributed by atoms with Gasteiger partial charge in [0.15, 0.2) is 5.65 Å². The second-order valence-corrected chi connectivity index (χ2v) is 3.67. The lowest BCUT2D eigenvalue weighted by atomic mass is 10.1. The zero-order valence-corrected chi connectivity index (χ0v) is 9.58. The van der Waals surface area contributed by atoms with Gasteiger partial charge in [-0.1, -0.05) is 0 Å². The fraction of sp³-hybridized carbons (Fsp3) is 0.0909. The van der Waals surface area contributed by atoms with E-state index in [-0.39, 0.29) is 0 Å². The Labute approximate surface area is 102 Å². The van der Waals surface area contributed by atoms with Crippen LogP contribution in [0.4, 0.5) is 5.82 Å². The predicted octanol–water partition coefficient (Wildman–Crippen LogP) is 1.01. The Morgan fingerprint density at radius 3 is 3.00 bits per heavy atom. The maximum atomic E-state index is 5.85. The number of nitrogens with two attached hydrogens (primary N) is 1. The molecule has 0 amide bonds. The first-order valence-electron chi connectivity index (χ1n) is 5.23. The summed E-state index contributed by atoms with van der Waals surface area (Å²) in [4.78, 5) is 12.1. The lowest BCUT2D eigenvalue weighted by Gasteiger charge is -2.02. The fourth-order valence-corrected chi connectivity index (χ4v) is 1.75. The van der Waals surface area contributed by atoms with E-state index in [0.29, 0.717) is 28.3 Å². The van der Waals surface area contributed by atoms with Crippen LogP contribution in [-0.2, 0) is 0 Å². The standard InChI is InChI=1S/C11H10N6O/c1-18-7-2-6(3-13-4-7)9-8-10(12)14-5-15-11(8)17-16-9/h2-5H,1H3,(H3,12,14,15,16,17). The van der Waals surface area contributed by atoms with E-state index in [2.05, 4.69) is 25.1 Å². The topological polar surface area (TPSA) is 103 Å². The van der Waals surface area contributed by atoms with Crippen LogP contribution in [0.5, 0.6) is 5.75 Å². The first-order valence-corrected chi connectivity index (χ1v) is 5.23. The van der Waals surface area contributed by atoms with Crippen molar-refractivity contribution in [1.29, 1.82) is 0 Å². The zero-order valence-electron chi connectivity index (χ0n) is 9.58. The molecule has 90 valence electrons. The van der Waals surface area contributed by atoms with Crippen LogP contribution >= 0.6 is 0 Å². The van der Waals surface area contributed by atoms with Gasteiger partial charge in [-0.15, -0.1) is 0 Å². The molecule has 3 aromatic heterocycles. The number of pyridine rings is 1. The van der Waals surface area contributed by atoms with E-state index in [1.165, 1.54) is 6.33 Å². The maximum Gasteiger partial charge on any atom is 0.161 e. The molecule has 3 rings (SSSR count). The average Bonchev–Trinajstić information content (AvgIpc) is 2.84. The van der Waals surface area contributed by atoms with Crippen molar-refractivity contribution in [3.63, 3.8) is 0 Å². The highest BCUT2D eigenvalue weighted by atomic mass is 16.5. The molecule has 18 heavy (non-hydrogen) atoms. The number of hydrogen-bond donors (Lipinski definition) is 2. The molecule has 0 atom stereocenters. The molecule has 7 nitrogen and oxygen atoms in total. The summed E-state index contributed by atoms with van der Waals surface area (Å²) in [6, 6.07) is 1.83. The van der Waals surface area contributed by atoms with Gasteiger partial charge >= 0.3 is 0 Å². The summed E-state index contributed by atoms with van der Waals surface area (Å²) in [6.07, 6.45) is 4.70. The van der Waals surface area contributed by atoms with Gasteiger partial charge < -0.3 is 10.5 Å². The Morgan fingerprint density at radius 2 is 2.17 bits per heavy atom. The molecule has 7 heteroatoms. The summed E-state index contributed by atoms with van der Waals surface area (Å²) >= 11 is 0. The zero-order chi connectivity index (χ0) is 12.5. The van der Waals surface area contributed by atoms with Gasteiger partial charge in [-0.25, -0.2) is 9.97 Å². The highest BCUT2D eigenvalue weighted by molar-refractivity contribution is 5.97. The van der Waals surface area contributed by atoms with Gasteiger partial charge in [0, 0.05) is 11.8 Å². The molecule has 3 aromatic rings. The summed E-state index contributed by atoms with van der Waals surface area (Å²) in [5.41, 5.74) is 7.90. The molecule has 0 radical (unpaired) electrons. The summed E-state index contributed by atoms with van der Waals surface area (Å²) in [5, 5.41) is 7.70. The predicted molar refractivity (Wildman–Crippen MR) is 65.9 cm³/mol. The van der Waals surface area contributed by atoms with Crippen molar-refractivity contribution in [2.24, 2.45) is 0 Å². The summed E-state index contributed by atoms with van der Waals surface area (Å²) in [6.45, 7) is 0. The van der Waals surface area contributed by atoms with E-state index < -0.39 is 0 Å². The molecule has 0 saturated heterocycles. The number of hydrogen-bond acceptors (Lipinski definition) is 6. The number of methoxy groups -OCH3 is 1. The summed E-state index contributed by atoms with van der Waals surface area (Å²) < 4.78 is 5.13. The van der Waals surface area contributed by atoms with Gasteiger partial charge in [-0.05, 0) is 6.07 Å². The van der Waals surface area contributed by atoms with Gasteiger partial charge in [0.05, 0.1) is 18.7 Å². The molecule has 0 unspecified atom stereocenters. The Morgan fingerprint density at radius 1 is 1.28 bits per heavy atom. The van der Waals surface area contributed by atoms with Crippen LogP contribution in [0.15, 0.2) is 24.8 Å². The SMILES string of the molecule is COc1cncc(-c2n[nH]c3ncnc(N)c23)c1. The molecule has 0 aromatic carbocycles. The van der Waals surface area contributed by atoms with Crippen LogP contribution in [0.25, 0.3) is 22.3 Å². The van der Waals surface area contributed by atoms with E-state index in [1.807, 2.05) is 6.07 Å². The number of ether oxygens (including phenoxy) is 1. The molecular weight excluding hydrogens is 232 g/mol. The average molecular weight is 242 g/mol. The Kier molecular flexibility index (Phi) is 2.30. The van der Waals surface area contributed by atoms with Crippen LogP contribution in [-0.4, -0.2) is 32.3 Å². The minimum absolute atomic E-state index is 0.381. The number of rotatable bonds is 2. The third kappa shape index (κ3) is 1.53. The molecule has 0 aliphatic heterocycles. The number of nitrogen functional groups attached to an aromatic ring is 1. The highest BCUT2D eigenvalue weighted by Gasteiger charge is 2.13. The Bertz CT molecular complexity index is 708. The van der Waals surface area contributed by atoms with Crippen molar-refractivity contribution < 1.29 is 4.74 Å². The van der Waals surface area contributed by atoms with E-state index in [0.717, 1.165) is 5.56 Å². The number of nitrogens with one attached hydrogen (secondary N) is 1. The van der Waals surface area contributed by atoms with Crippen molar-refractivity contribution in [1.82, 2.24) is 25.1 Å². The van der Waals surface area contributed by atoms with Gasteiger partial charge in [0.2, 0.25) is 0 Å². The minimum Gasteiger partial charge on any atom is -0.495 e. The normalized spacial score (nSPS) is 10.7. The number of aromatic amines is 1. The van der Waals surface area contributed by atoms with Crippen molar-refractivity contribution in [2.75, 3.05) is 12.8 Å². The molecule has 0 aliphatic rings. The first kappa shape index (κ1) is 10.5. The van der Waals surface area contributed by atoms with Gasteiger partial charge in [0.1, 0.15) is 23.6 Å². The molecular formula is C11H10N6O. The maximum absolute atomic E-state index is 5.85. The molecule has 0 bridgehead atoms. The third-order valence-corrected chi connectivity index (χ3v) is 2.61. The molecule has 0 saturated carbocycles. The molecule has 0 spiro atoms. The number of anilines is 1. The number of nitrogens with zero attached hydrogens (tertiary/aromatic N) is 4. The van der Waals surface area contributed by atoms with Crippen LogP contribution in [0.2, 0.25) is 0 Å². The van der Waals surface area contributed by atoms with E-state index in [9.17, 15) is 0 Å². The van der Waals surface area contributed by atoms with Crippen molar-refractivity contribution in [2.45, 2.75) is 0 Å². The third-order valence-electron chi connectivity index (χ3n) is 2.61. The van der Waals surface area contributed by atoms with Crippen molar-refractivity contribution >= 4 is 16.9 Å². The number of H-pyrrole nitrogens is 1. The highest BCUT2D eigenvalue weighted by Crippen LogP contribution is 2.29. The smallest absolute Gasteiger partial charge is 0.161 e. The first-order chi connectivity index (χ1) is 8.79. The summed E-state index contributed by atoms with van der Waals surface area (Å²) in [5.74, 6) is 1.03. The number of fused-ring (bicyclic) bond motifs is 1. The van der Waals surface area contributed by atoms with Crippen LogP contribution < -0.4 is 10.5 Å². The largest absolute Gasteiger partial charge is 0.495 e. The van der Waals surface area contributed by atoms with Crippen molar-refractivity contribution in [3.05, 3.63) is 24.8 Å². The fourth-order valence-electron chi connectivity index (χ4n) is 1.75. The van der Waals surface area contributed by atoms with Crippen molar-refractivity contribution in [3.8, 4) is 17.0 Å². The van der Waals surface area contributed by atoms with Gasteiger partial charge in [-0.3, -0.25) is 10.1 Å². The van der Waals surface area contributed by atoms with E-state index in [1.54, 1.807) is 19.5 Å². The number of aromatic nitrogens is 5. The lowest BCUT2D eigenvalue weighted by Crippen LogP contribution is -1.93. The second kappa shape index (κ2) is 3.95. The molecule has 0 fully saturated rings. The summed E-state index contributed by atoms with van der Waals surface area (Å²) in [7, 11) is 1.58. The van der Waals surface area contributed by atoms with Crippen LogP contribution in [0.3, 0.4) is 0 Å². The van der Waals surface area contributed by atoms with Crippen LogP contribution in [0.1, 0.15) is 0 Å². The van der Waals surface area contributed by atoms with E-state index in [4.69, 9.17) is 10.5 Å². The molecule has 0 aliphatic carbocycles. The molecule has 3 heterocycles. The van der Waals surface area contributed by atoms with Gasteiger partial charge in [-0.2, -0.15) is 5.10 Å². The van der Waals surface area contributed by atoms with Crippen LogP contribution in [0, 0.1) is 0 Å².